The van der Waals surface area contributed by atoms with Crippen molar-refractivity contribution in [3.63, 3.8) is 0 Å². The first-order chi connectivity index (χ1) is 71.4. The minimum absolute atomic E-state index is 1.16. The number of nitrogens with zero attached hydrogens (tertiary/aromatic N) is 6. The summed E-state index contributed by atoms with van der Waals surface area (Å²) in [5.74, 6) is 0. The predicted octanol–water partition coefficient (Wildman–Crippen LogP) is 37.0. The zero-order valence-corrected chi connectivity index (χ0v) is 78.8. The van der Waals surface area contributed by atoms with Gasteiger partial charge in [0, 0.05) is 98.8 Å². The maximum absolute atomic E-state index is 2.39. The molecule has 0 bridgehead atoms. The summed E-state index contributed by atoms with van der Waals surface area (Å²) in [7, 11) is 0. The second-order valence-corrected chi connectivity index (χ2v) is 37.4. The van der Waals surface area contributed by atoms with Crippen molar-refractivity contribution >= 4 is 131 Å². The van der Waals surface area contributed by atoms with Gasteiger partial charge in [0.2, 0.25) is 0 Å². The van der Waals surface area contributed by atoms with E-state index >= 15 is 0 Å². The van der Waals surface area contributed by atoms with Crippen molar-refractivity contribution in [2.45, 2.75) is 0 Å². The summed E-state index contributed by atoms with van der Waals surface area (Å²) in [6.07, 6.45) is 0. The molecule has 6 nitrogen and oxygen atoms in total. The topological polar surface area (TPSA) is 29.6 Å². The number of aromatic nitrogens is 6. The van der Waals surface area contributed by atoms with E-state index < -0.39 is 0 Å². The summed E-state index contributed by atoms with van der Waals surface area (Å²) in [6.45, 7) is 0. The molecule has 0 spiro atoms. The maximum atomic E-state index is 2.39. The number of hydrogen-bond donors (Lipinski definition) is 0. The van der Waals surface area contributed by atoms with Crippen LogP contribution in [-0.4, -0.2) is 27.4 Å². The van der Waals surface area contributed by atoms with Gasteiger partial charge in [0.1, 0.15) is 0 Å². The van der Waals surface area contributed by atoms with Gasteiger partial charge in [-0.1, -0.05) is 364 Å². The van der Waals surface area contributed by atoms with Gasteiger partial charge in [0.05, 0.1) is 66.2 Å². The molecule has 0 saturated heterocycles. The van der Waals surface area contributed by atoms with E-state index in [0.717, 1.165) is 22.7 Å². The van der Waals surface area contributed by atoms with Crippen LogP contribution in [0.1, 0.15) is 0 Å². The number of rotatable bonds is 14. The van der Waals surface area contributed by atoms with Gasteiger partial charge in [-0.25, -0.2) is 0 Å². The fraction of sp³-hybridized carbons (Fsp3) is 0. The molecule has 0 unspecified atom stereocenters. The van der Waals surface area contributed by atoms with E-state index in [1.54, 1.807) is 0 Å². The maximum Gasteiger partial charge on any atom is 0.0541 e. The molecule has 0 N–H and O–H groups in total. The molecule has 674 valence electrons. The Labute approximate surface area is 833 Å². The van der Waals surface area contributed by atoms with Gasteiger partial charge in [-0.15, -0.1) is 0 Å². The van der Waals surface area contributed by atoms with E-state index in [1.807, 2.05) is 0 Å². The van der Waals surface area contributed by atoms with Gasteiger partial charge in [-0.05, 0) is 283 Å². The third kappa shape index (κ3) is 14.8. The van der Waals surface area contributed by atoms with Crippen molar-refractivity contribution in [1.29, 1.82) is 0 Å². The Hall–Kier alpha value is -19.1. The van der Waals surface area contributed by atoms with Gasteiger partial charge in [0.15, 0.2) is 0 Å². The average Bonchev–Trinajstić information content (AvgIpc) is 1.60. The zero-order chi connectivity index (χ0) is 95.1. The third-order valence-electron chi connectivity index (χ3n) is 29.2. The number of hydrogen-bond acceptors (Lipinski definition) is 0. The molecule has 6 aromatic heterocycles. The van der Waals surface area contributed by atoms with E-state index in [-0.39, 0.29) is 0 Å². The van der Waals surface area contributed by atoms with Crippen molar-refractivity contribution < 1.29 is 0 Å². The van der Waals surface area contributed by atoms with Crippen molar-refractivity contribution in [2.24, 2.45) is 0 Å². The van der Waals surface area contributed by atoms with Gasteiger partial charge >= 0.3 is 0 Å². The third-order valence-corrected chi connectivity index (χ3v) is 29.2. The van der Waals surface area contributed by atoms with Crippen molar-refractivity contribution in [3.05, 3.63) is 558 Å². The highest BCUT2D eigenvalue weighted by atomic mass is 15.0. The van der Waals surface area contributed by atoms with E-state index in [2.05, 4.69) is 586 Å². The fourth-order valence-corrected chi connectivity index (χ4v) is 22.3. The first-order valence-corrected chi connectivity index (χ1v) is 49.5. The van der Waals surface area contributed by atoms with Crippen LogP contribution in [0.3, 0.4) is 0 Å². The zero-order valence-electron chi connectivity index (χ0n) is 78.8. The molecule has 0 aliphatic heterocycles. The monoisotopic (exact) mass is 1830 g/mol. The summed E-state index contributed by atoms with van der Waals surface area (Å²) < 4.78 is 14.3. The Kier molecular flexibility index (Phi) is 20.9. The molecule has 0 atom stereocenters. The molecule has 6 heterocycles. The van der Waals surface area contributed by atoms with Crippen molar-refractivity contribution in [2.75, 3.05) is 0 Å². The molecule has 29 aromatic rings. The van der Waals surface area contributed by atoms with Gasteiger partial charge in [-0.3, -0.25) is 0 Å². The van der Waals surface area contributed by atoms with Crippen LogP contribution < -0.4 is 0 Å². The molecule has 0 aliphatic rings. The normalized spacial score (nSPS) is 11.6. The first-order valence-electron chi connectivity index (χ1n) is 49.5. The average molecular weight is 1830 g/mol. The highest BCUT2D eigenvalue weighted by molar-refractivity contribution is 6.18. The summed E-state index contributed by atoms with van der Waals surface area (Å²) in [4.78, 5) is 0. The lowest BCUT2D eigenvalue weighted by atomic mass is 9.98. The molecular formula is C138H92N6. The molecule has 6 heteroatoms. The van der Waals surface area contributed by atoms with Crippen LogP contribution in [0.25, 0.3) is 254 Å². The van der Waals surface area contributed by atoms with Gasteiger partial charge in [0.25, 0.3) is 0 Å². The smallest absolute Gasteiger partial charge is 0.0541 e. The summed E-state index contributed by atoms with van der Waals surface area (Å²) >= 11 is 0. The highest BCUT2D eigenvalue weighted by Crippen LogP contribution is 2.46. The quantitative estimate of drug-likeness (QED) is 0.104. The van der Waals surface area contributed by atoms with Crippen LogP contribution in [-0.2, 0) is 0 Å². The van der Waals surface area contributed by atoms with E-state index in [1.165, 1.54) is 231 Å². The molecule has 0 saturated carbocycles. The lowest BCUT2D eigenvalue weighted by Crippen LogP contribution is -1.94. The Morgan fingerprint density at radius 1 is 0.0764 bits per heavy atom. The van der Waals surface area contributed by atoms with Crippen LogP contribution in [0.2, 0.25) is 0 Å². The highest BCUT2D eigenvalue weighted by Gasteiger charge is 2.24. The minimum atomic E-state index is 1.16. The Bertz CT molecular complexity index is 9530. The molecular weight excluding hydrogens is 1740 g/mol. The molecule has 0 radical (unpaired) electrons. The Balaban J connectivity index is 0.000000108. The van der Waals surface area contributed by atoms with Crippen LogP contribution in [0.4, 0.5) is 0 Å². The standard InChI is InChI=1S/2C48H32N2.C42H28N2/c1-5-13-33(14-6-1)35-21-25-45-41(29-35)43-31-37(23-27-47(43)49(45)39-17-9-3-10-18-39)38-24-28-48-44(32-38)42-30-36(34-15-7-2-8-16-34)22-26-46(42)50(48)40-19-11-4-12-20-40;1-3-11-33(12-4-1)35-19-25-39(26-20-35)49-45-17-9-7-15-41(45)43-31-37(23-29-47(43)49)38-24-30-48-44(32-38)42-16-8-10-18-46(42)50(48)40-27-21-36(22-28-40)34-13-5-2-6-14-34;1-3-11-29(12-4-1)30-19-23-34(24-20-30)44-40-18-10-8-16-36(40)38-28-32(22-26-42(38)44)31-21-25-41-37(27-31)35-15-7-9-17-39(35)43(41)33-13-5-2-6-14-33/h2*1-32H;1-28H. The predicted molar refractivity (Wildman–Crippen MR) is 609 cm³/mol. The second kappa shape index (κ2) is 35.7. The van der Waals surface area contributed by atoms with Crippen LogP contribution in [0, 0.1) is 0 Å². The summed E-state index contributed by atoms with van der Waals surface area (Å²) in [6, 6.07) is 202. The Morgan fingerprint density at radius 2 is 0.194 bits per heavy atom. The van der Waals surface area contributed by atoms with Crippen molar-refractivity contribution in [1.82, 2.24) is 27.4 Å². The molecule has 29 rings (SSSR count). The van der Waals surface area contributed by atoms with E-state index in [4.69, 9.17) is 0 Å². The SMILES string of the molecule is c1ccc(-c2ccc(-n3c4ccccc4c4cc(-c5ccc6c(c5)c5ccccc5n6-c5ccc(-c6ccccc6)cc5)ccc43)cc2)cc1.c1ccc(-c2ccc(-n3c4ccccc4c4cc(-c5ccc6c(c5)c5ccccc5n6-c5ccccc5)ccc43)cc2)cc1.c1ccc(-c2ccc3c(c2)c2cc(-c4ccc5c(c4)c4cc(-c6ccccc6)ccc4n5-c4ccccc4)ccc2n3-c2ccccc2)cc1. The lowest BCUT2D eigenvalue weighted by molar-refractivity contribution is 1.18. The fourth-order valence-electron chi connectivity index (χ4n) is 22.3. The van der Waals surface area contributed by atoms with Crippen LogP contribution >= 0.6 is 0 Å². The number of fused-ring (bicyclic) bond motifs is 18. The Morgan fingerprint density at radius 3 is 0.382 bits per heavy atom. The van der Waals surface area contributed by atoms with Crippen LogP contribution in [0.5, 0.6) is 0 Å². The van der Waals surface area contributed by atoms with E-state index in [9.17, 15) is 0 Å². The summed E-state index contributed by atoms with van der Waals surface area (Å²) in [5, 5.41) is 15.1. The minimum Gasteiger partial charge on any atom is -0.309 e. The largest absolute Gasteiger partial charge is 0.309 e. The lowest BCUT2D eigenvalue weighted by Gasteiger charge is -2.11. The molecule has 0 fully saturated rings. The molecule has 0 aliphatic carbocycles. The first kappa shape index (κ1) is 84.2. The molecule has 23 aromatic carbocycles. The van der Waals surface area contributed by atoms with Crippen molar-refractivity contribution in [3.8, 4) is 123 Å². The van der Waals surface area contributed by atoms with Gasteiger partial charge < -0.3 is 27.4 Å². The van der Waals surface area contributed by atoms with Gasteiger partial charge in [-0.2, -0.15) is 0 Å². The molecule has 144 heavy (non-hydrogen) atoms. The van der Waals surface area contributed by atoms with Crippen LogP contribution in [0.15, 0.2) is 558 Å². The second-order valence-electron chi connectivity index (χ2n) is 37.4. The number of para-hydroxylation sites is 7. The number of benzene rings is 23. The summed E-state index contributed by atoms with van der Waals surface area (Å²) in [5.41, 5.74) is 41.1. The molecule has 0 amide bonds. The van der Waals surface area contributed by atoms with E-state index in [0.29, 0.717) is 0 Å².